The Morgan fingerprint density at radius 3 is 2.56 bits per heavy atom. The highest BCUT2D eigenvalue weighted by molar-refractivity contribution is 6.39. The van der Waals surface area contributed by atoms with Crippen LogP contribution >= 0.6 is 0 Å². The number of ether oxygens (including phenoxy) is 1. The summed E-state index contributed by atoms with van der Waals surface area (Å²) in [7, 11) is 3.63. The number of aromatic nitrogens is 1. The number of amides is 2. The van der Waals surface area contributed by atoms with E-state index in [1.54, 1.807) is 23.2 Å². The third-order valence-corrected chi connectivity index (χ3v) is 3.25. The molecule has 1 heterocycles. The highest BCUT2D eigenvalue weighted by Gasteiger charge is 2.31. The molecule has 10 heteroatoms. The summed E-state index contributed by atoms with van der Waals surface area (Å²) in [6, 6.07) is 8.06. The van der Waals surface area contributed by atoms with Crippen molar-refractivity contribution in [2.45, 2.75) is 12.9 Å². The van der Waals surface area contributed by atoms with Crippen molar-refractivity contribution in [2.24, 2.45) is 0 Å². The maximum atomic E-state index is 12.2. The van der Waals surface area contributed by atoms with Crippen molar-refractivity contribution in [3.05, 3.63) is 48.2 Å². The first kappa shape index (κ1) is 20.0. The SMILES string of the molecule is CN(C)c1cc(CNC(=O)C(=O)Nc2cccc(OC(F)(F)F)c2)ccn1. The lowest BCUT2D eigenvalue weighted by Gasteiger charge is -2.13. The number of anilines is 2. The fourth-order valence-electron chi connectivity index (χ4n) is 2.04. The summed E-state index contributed by atoms with van der Waals surface area (Å²) in [5.74, 6) is -1.76. The van der Waals surface area contributed by atoms with Gasteiger partial charge >= 0.3 is 18.2 Å². The third kappa shape index (κ3) is 6.49. The van der Waals surface area contributed by atoms with Crippen LogP contribution in [0.25, 0.3) is 0 Å². The molecule has 0 aliphatic rings. The monoisotopic (exact) mass is 382 g/mol. The van der Waals surface area contributed by atoms with E-state index in [2.05, 4.69) is 20.4 Å². The highest BCUT2D eigenvalue weighted by atomic mass is 19.4. The van der Waals surface area contributed by atoms with Crippen LogP contribution in [0.15, 0.2) is 42.6 Å². The van der Waals surface area contributed by atoms with Crippen LogP contribution in [0.5, 0.6) is 5.75 Å². The van der Waals surface area contributed by atoms with Crippen LogP contribution in [0.1, 0.15) is 5.56 Å². The fraction of sp³-hybridized carbons (Fsp3) is 0.235. The minimum atomic E-state index is -4.85. The molecule has 1 aromatic heterocycles. The van der Waals surface area contributed by atoms with Gasteiger partial charge in [-0.3, -0.25) is 9.59 Å². The Balaban J connectivity index is 1.93. The van der Waals surface area contributed by atoms with Crippen LogP contribution in [-0.4, -0.2) is 37.3 Å². The summed E-state index contributed by atoms with van der Waals surface area (Å²) in [6.07, 6.45) is -3.28. The van der Waals surface area contributed by atoms with E-state index in [1.807, 2.05) is 14.1 Å². The zero-order chi connectivity index (χ0) is 20.0. The van der Waals surface area contributed by atoms with Gasteiger partial charge in [0.25, 0.3) is 0 Å². The van der Waals surface area contributed by atoms with Crippen molar-refractivity contribution in [3.63, 3.8) is 0 Å². The second kappa shape index (κ2) is 8.39. The molecule has 1 aromatic carbocycles. The summed E-state index contributed by atoms with van der Waals surface area (Å²) in [5, 5.41) is 4.64. The first-order valence-corrected chi connectivity index (χ1v) is 7.71. The lowest BCUT2D eigenvalue weighted by atomic mass is 10.2. The minimum Gasteiger partial charge on any atom is -0.406 e. The first-order chi connectivity index (χ1) is 12.6. The smallest absolute Gasteiger partial charge is 0.406 e. The number of hydrogen-bond acceptors (Lipinski definition) is 5. The van der Waals surface area contributed by atoms with E-state index >= 15 is 0 Å². The molecule has 0 bridgehead atoms. The van der Waals surface area contributed by atoms with Crippen LogP contribution < -0.4 is 20.3 Å². The van der Waals surface area contributed by atoms with Gasteiger partial charge in [0.1, 0.15) is 11.6 Å². The van der Waals surface area contributed by atoms with E-state index in [4.69, 9.17) is 0 Å². The summed E-state index contributed by atoms with van der Waals surface area (Å²) in [6.45, 7) is 0.0901. The van der Waals surface area contributed by atoms with Crippen LogP contribution in [-0.2, 0) is 16.1 Å². The number of pyridine rings is 1. The Hall–Kier alpha value is -3.30. The van der Waals surface area contributed by atoms with Gasteiger partial charge in [-0.05, 0) is 29.8 Å². The van der Waals surface area contributed by atoms with Crippen molar-refractivity contribution in [1.29, 1.82) is 0 Å². The number of alkyl halides is 3. The van der Waals surface area contributed by atoms with E-state index in [1.165, 1.54) is 12.1 Å². The maximum Gasteiger partial charge on any atom is 0.573 e. The van der Waals surface area contributed by atoms with Crippen LogP contribution in [0.2, 0.25) is 0 Å². The molecule has 2 N–H and O–H groups in total. The van der Waals surface area contributed by atoms with Crippen LogP contribution in [0.4, 0.5) is 24.7 Å². The lowest BCUT2D eigenvalue weighted by molar-refractivity contribution is -0.274. The molecule has 0 atom stereocenters. The van der Waals surface area contributed by atoms with Crippen molar-refractivity contribution in [3.8, 4) is 5.75 Å². The number of benzene rings is 1. The molecular formula is C17H17F3N4O3. The van der Waals surface area contributed by atoms with Gasteiger partial charge in [0.05, 0.1) is 0 Å². The van der Waals surface area contributed by atoms with Gasteiger partial charge in [-0.1, -0.05) is 6.07 Å². The number of nitrogens with zero attached hydrogens (tertiary/aromatic N) is 2. The van der Waals surface area contributed by atoms with Crippen molar-refractivity contribution < 1.29 is 27.5 Å². The van der Waals surface area contributed by atoms with Gasteiger partial charge in [0.2, 0.25) is 0 Å². The average molecular weight is 382 g/mol. The van der Waals surface area contributed by atoms with Gasteiger partial charge in [0, 0.05) is 38.6 Å². The summed E-state index contributed by atoms with van der Waals surface area (Å²) in [5.41, 5.74) is 0.728. The Labute approximate surface area is 153 Å². The molecule has 0 aliphatic heterocycles. The molecule has 144 valence electrons. The van der Waals surface area contributed by atoms with Gasteiger partial charge in [-0.25, -0.2) is 4.98 Å². The van der Waals surface area contributed by atoms with Gasteiger partial charge in [-0.15, -0.1) is 13.2 Å². The number of carbonyl (C=O) groups excluding carboxylic acids is 2. The molecule has 0 fully saturated rings. The molecule has 7 nitrogen and oxygen atoms in total. The van der Waals surface area contributed by atoms with Gasteiger partial charge < -0.3 is 20.3 Å². The Bertz CT molecular complexity index is 825. The van der Waals surface area contributed by atoms with Crippen LogP contribution in [0, 0.1) is 0 Å². The summed E-state index contributed by atoms with van der Waals surface area (Å²) in [4.78, 5) is 29.7. The second-order valence-electron chi connectivity index (χ2n) is 5.63. The van der Waals surface area contributed by atoms with E-state index in [9.17, 15) is 22.8 Å². The predicted molar refractivity (Wildman–Crippen MR) is 92.2 cm³/mol. The summed E-state index contributed by atoms with van der Waals surface area (Å²) >= 11 is 0. The number of carbonyl (C=O) groups is 2. The largest absolute Gasteiger partial charge is 0.573 e. The Morgan fingerprint density at radius 1 is 1.15 bits per heavy atom. The molecule has 0 saturated carbocycles. The van der Waals surface area contributed by atoms with E-state index in [0.717, 1.165) is 17.7 Å². The second-order valence-corrected chi connectivity index (χ2v) is 5.63. The molecule has 0 saturated heterocycles. The highest BCUT2D eigenvalue weighted by Crippen LogP contribution is 2.25. The molecule has 2 rings (SSSR count). The molecule has 0 radical (unpaired) electrons. The molecular weight excluding hydrogens is 365 g/mol. The molecule has 2 aromatic rings. The standard InChI is InChI=1S/C17H17F3N4O3/c1-24(2)14-8-11(6-7-21-14)10-22-15(25)16(26)23-12-4-3-5-13(9-12)27-17(18,19)20/h3-9H,10H2,1-2H3,(H,22,25)(H,23,26). The first-order valence-electron chi connectivity index (χ1n) is 7.71. The number of halogens is 3. The van der Waals surface area contributed by atoms with Crippen LogP contribution in [0.3, 0.4) is 0 Å². The Morgan fingerprint density at radius 2 is 1.89 bits per heavy atom. The van der Waals surface area contributed by atoms with Crippen molar-refractivity contribution in [1.82, 2.24) is 10.3 Å². The topological polar surface area (TPSA) is 83.6 Å². The van der Waals surface area contributed by atoms with Gasteiger partial charge in [0.15, 0.2) is 0 Å². The quantitative estimate of drug-likeness (QED) is 0.776. The molecule has 0 aliphatic carbocycles. The predicted octanol–water partition coefficient (Wildman–Crippen LogP) is 2.30. The lowest BCUT2D eigenvalue weighted by Crippen LogP contribution is -2.35. The van der Waals surface area contributed by atoms with Crippen molar-refractivity contribution >= 4 is 23.3 Å². The number of nitrogens with one attached hydrogen (secondary N) is 2. The Kier molecular flexibility index (Phi) is 6.22. The van der Waals surface area contributed by atoms with E-state index in [0.29, 0.717) is 5.82 Å². The minimum absolute atomic E-state index is 0.00398. The van der Waals surface area contributed by atoms with E-state index < -0.39 is 23.9 Å². The molecule has 0 unspecified atom stereocenters. The normalized spacial score (nSPS) is 10.9. The maximum absolute atomic E-state index is 12.2. The summed E-state index contributed by atoms with van der Waals surface area (Å²) < 4.78 is 40.4. The molecule has 0 spiro atoms. The molecule has 27 heavy (non-hydrogen) atoms. The zero-order valence-corrected chi connectivity index (χ0v) is 14.5. The third-order valence-electron chi connectivity index (χ3n) is 3.25. The van der Waals surface area contributed by atoms with E-state index in [-0.39, 0.29) is 12.2 Å². The van der Waals surface area contributed by atoms with Gasteiger partial charge in [-0.2, -0.15) is 0 Å². The average Bonchev–Trinajstić information content (AvgIpc) is 2.58. The fourth-order valence-corrected chi connectivity index (χ4v) is 2.04. The zero-order valence-electron chi connectivity index (χ0n) is 14.5. The number of hydrogen-bond donors (Lipinski definition) is 2. The van der Waals surface area contributed by atoms with Crippen molar-refractivity contribution in [2.75, 3.05) is 24.3 Å². The molecule has 2 amide bonds. The number of rotatable bonds is 5.